The van der Waals surface area contributed by atoms with Crippen LogP contribution in [0, 0.1) is 11.6 Å². The fourth-order valence-electron chi connectivity index (χ4n) is 5.43. The molecule has 2 aromatic heterocycles. The molecule has 2 aliphatic rings. The van der Waals surface area contributed by atoms with Gasteiger partial charge in [0.05, 0.1) is 12.3 Å². The predicted molar refractivity (Wildman–Crippen MR) is 138 cm³/mol. The number of rotatable bonds is 5. The van der Waals surface area contributed by atoms with Gasteiger partial charge in [0.1, 0.15) is 29.1 Å². The van der Waals surface area contributed by atoms with Gasteiger partial charge in [-0.15, -0.1) is 0 Å². The number of piperidine rings is 1. The van der Waals surface area contributed by atoms with Crippen molar-refractivity contribution in [3.8, 4) is 28.6 Å². The number of ether oxygens (including phenoxy) is 1. The van der Waals surface area contributed by atoms with Crippen LogP contribution in [0.25, 0.3) is 22.9 Å². The maximum absolute atomic E-state index is 14.5. The number of carboxylic acids is 1. The summed E-state index contributed by atoms with van der Waals surface area (Å²) in [4.78, 5) is 18.0. The number of carboxylic acid groups (broad SMARTS) is 1. The molecule has 0 spiro atoms. The molecule has 0 aliphatic carbocycles. The molecule has 1 saturated heterocycles. The molecule has 0 bridgehead atoms. The van der Waals surface area contributed by atoms with E-state index in [4.69, 9.17) is 9.84 Å². The Morgan fingerprint density at radius 3 is 2.67 bits per heavy atom. The third-order valence-electron chi connectivity index (χ3n) is 7.83. The number of aromatic nitrogens is 5. The summed E-state index contributed by atoms with van der Waals surface area (Å²) in [5.74, 6) is -0.943. The Morgan fingerprint density at radius 1 is 1.13 bits per heavy atom. The SMILES string of the molecule is CC(C)(C(=O)O)N1CCC(c2ccc3c(c2)-c2nn(-c4ncnn4-c4ccc(F)cc4F)cc2CCO3)CC1. The lowest BCUT2D eigenvalue weighted by atomic mass is 9.86. The number of benzene rings is 2. The highest BCUT2D eigenvalue weighted by Gasteiger charge is 2.37. The summed E-state index contributed by atoms with van der Waals surface area (Å²) < 4.78 is 36.9. The van der Waals surface area contributed by atoms with Crippen molar-refractivity contribution in [1.29, 1.82) is 0 Å². The van der Waals surface area contributed by atoms with Crippen molar-refractivity contribution in [2.24, 2.45) is 0 Å². The molecule has 1 N–H and O–H groups in total. The number of carbonyl (C=O) groups is 1. The summed E-state index contributed by atoms with van der Waals surface area (Å²) >= 11 is 0. The molecule has 39 heavy (non-hydrogen) atoms. The Labute approximate surface area is 223 Å². The third-order valence-corrected chi connectivity index (χ3v) is 7.83. The van der Waals surface area contributed by atoms with Crippen LogP contribution in [-0.4, -0.2) is 65.8 Å². The van der Waals surface area contributed by atoms with E-state index in [0.29, 0.717) is 26.1 Å². The summed E-state index contributed by atoms with van der Waals surface area (Å²) in [7, 11) is 0. The van der Waals surface area contributed by atoms with Gasteiger partial charge in [-0.1, -0.05) is 6.07 Å². The average Bonchev–Trinajstić information content (AvgIpc) is 3.53. The topological polar surface area (TPSA) is 98.3 Å². The first kappa shape index (κ1) is 25.2. The second kappa shape index (κ2) is 9.57. The lowest BCUT2D eigenvalue weighted by Crippen LogP contribution is -2.52. The van der Waals surface area contributed by atoms with Crippen LogP contribution in [0.15, 0.2) is 48.9 Å². The van der Waals surface area contributed by atoms with Crippen molar-refractivity contribution in [2.75, 3.05) is 19.7 Å². The number of hydrogen-bond donors (Lipinski definition) is 1. The fourth-order valence-corrected chi connectivity index (χ4v) is 5.43. The highest BCUT2D eigenvalue weighted by Crippen LogP contribution is 2.39. The normalized spacial score (nSPS) is 16.3. The molecule has 4 heterocycles. The van der Waals surface area contributed by atoms with Crippen molar-refractivity contribution < 1.29 is 23.4 Å². The maximum Gasteiger partial charge on any atom is 0.323 e. The summed E-state index contributed by atoms with van der Waals surface area (Å²) in [6, 6.07) is 9.46. The lowest BCUT2D eigenvalue weighted by Gasteiger charge is -2.40. The van der Waals surface area contributed by atoms with Gasteiger partial charge in [-0.2, -0.15) is 19.9 Å². The number of halogens is 2. The van der Waals surface area contributed by atoms with Gasteiger partial charge in [-0.05, 0) is 75.5 Å². The van der Waals surface area contributed by atoms with Gasteiger partial charge in [-0.25, -0.2) is 13.5 Å². The molecule has 0 radical (unpaired) electrons. The van der Waals surface area contributed by atoms with E-state index in [1.807, 2.05) is 17.2 Å². The van der Waals surface area contributed by atoms with E-state index in [9.17, 15) is 18.7 Å². The Hall–Kier alpha value is -4.12. The number of likely N-dealkylation sites (tertiary alicyclic amines) is 1. The Balaban J connectivity index is 1.32. The Morgan fingerprint density at radius 2 is 1.92 bits per heavy atom. The zero-order valence-electron chi connectivity index (χ0n) is 21.6. The number of aliphatic carboxylic acids is 1. The maximum atomic E-state index is 14.5. The van der Waals surface area contributed by atoms with Crippen molar-refractivity contribution in [3.63, 3.8) is 0 Å². The van der Waals surface area contributed by atoms with Crippen molar-refractivity contribution in [2.45, 2.75) is 44.6 Å². The van der Waals surface area contributed by atoms with Crippen LogP contribution in [-0.2, 0) is 11.2 Å². The third kappa shape index (κ3) is 4.46. The summed E-state index contributed by atoms with van der Waals surface area (Å²) in [5, 5.41) is 18.6. The second-order valence-electron chi connectivity index (χ2n) is 10.5. The molecule has 11 heteroatoms. The van der Waals surface area contributed by atoms with Gasteiger partial charge in [0.2, 0.25) is 0 Å². The van der Waals surface area contributed by atoms with Crippen LogP contribution >= 0.6 is 0 Å². The van der Waals surface area contributed by atoms with Crippen LogP contribution in [0.1, 0.15) is 43.7 Å². The quantitative estimate of drug-likeness (QED) is 0.406. The molecule has 9 nitrogen and oxygen atoms in total. The van der Waals surface area contributed by atoms with E-state index in [1.54, 1.807) is 18.5 Å². The molecular formula is C28H28F2N6O3. The standard InChI is InChI=1S/C28H28F2N6O3/c1-28(2,26(37)38)34-10-7-17(8-11-34)18-3-6-24-21(13-18)25-19(9-12-39-24)15-35(33-25)27-31-16-32-36(27)23-5-4-20(29)14-22(23)30/h3-6,13-17H,7-12H2,1-2H3,(H,37,38). The molecular weight excluding hydrogens is 506 g/mol. The zero-order chi connectivity index (χ0) is 27.3. The van der Waals surface area contributed by atoms with Crippen molar-refractivity contribution in [3.05, 3.63) is 71.7 Å². The lowest BCUT2D eigenvalue weighted by molar-refractivity contribution is -0.150. The summed E-state index contributed by atoms with van der Waals surface area (Å²) in [5.41, 5.74) is 2.90. The van der Waals surface area contributed by atoms with Crippen LogP contribution in [0.2, 0.25) is 0 Å². The largest absolute Gasteiger partial charge is 0.493 e. The molecule has 2 aliphatic heterocycles. The van der Waals surface area contributed by atoms with E-state index in [2.05, 4.69) is 22.2 Å². The number of fused-ring (bicyclic) bond motifs is 3. The highest BCUT2D eigenvalue weighted by molar-refractivity contribution is 5.77. The Kier molecular flexibility index (Phi) is 6.17. The van der Waals surface area contributed by atoms with Crippen molar-refractivity contribution >= 4 is 5.97 Å². The highest BCUT2D eigenvalue weighted by atomic mass is 19.1. The van der Waals surface area contributed by atoms with Crippen LogP contribution in [0.3, 0.4) is 0 Å². The first-order valence-corrected chi connectivity index (χ1v) is 12.9. The molecule has 1 fully saturated rings. The molecule has 2 aromatic carbocycles. The predicted octanol–water partition coefficient (Wildman–Crippen LogP) is 4.38. The minimum atomic E-state index is -0.897. The number of nitrogens with zero attached hydrogens (tertiary/aromatic N) is 6. The smallest absolute Gasteiger partial charge is 0.323 e. The van der Waals surface area contributed by atoms with Gasteiger partial charge in [0.15, 0.2) is 5.82 Å². The summed E-state index contributed by atoms with van der Waals surface area (Å²) in [6.45, 7) is 5.38. The molecule has 4 aromatic rings. The monoisotopic (exact) mass is 534 g/mol. The van der Waals surface area contributed by atoms with E-state index in [-0.39, 0.29) is 17.6 Å². The molecule has 0 unspecified atom stereocenters. The average molecular weight is 535 g/mol. The molecule has 0 saturated carbocycles. The minimum Gasteiger partial charge on any atom is -0.493 e. The van der Waals surface area contributed by atoms with E-state index >= 15 is 0 Å². The van der Waals surface area contributed by atoms with Crippen LogP contribution in [0.5, 0.6) is 5.75 Å². The van der Waals surface area contributed by atoms with E-state index in [1.165, 1.54) is 23.1 Å². The van der Waals surface area contributed by atoms with Gasteiger partial charge in [0, 0.05) is 29.8 Å². The zero-order valence-corrected chi connectivity index (χ0v) is 21.6. The number of hydrogen-bond acceptors (Lipinski definition) is 6. The summed E-state index contributed by atoms with van der Waals surface area (Å²) in [6.07, 6.45) is 5.47. The first-order chi connectivity index (χ1) is 18.7. The molecule has 6 rings (SSSR count). The van der Waals surface area contributed by atoms with Gasteiger partial charge in [-0.3, -0.25) is 9.69 Å². The molecule has 0 amide bonds. The van der Waals surface area contributed by atoms with Gasteiger partial charge in [0.25, 0.3) is 5.95 Å². The van der Waals surface area contributed by atoms with E-state index in [0.717, 1.165) is 47.0 Å². The molecule has 202 valence electrons. The van der Waals surface area contributed by atoms with Crippen molar-refractivity contribution in [1.82, 2.24) is 29.4 Å². The molecule has 0 atom stereocenters. The Bertz CT molecular complexity index is 1550. The van der Waals surface area contributed by atoms with Crippen LogP contribution < -0.4 is 4.74 Å². The van der Waals surface area contributed by atoms with Gasteiger partial charge >= 0.3 is 5.97 Å². The first-order valence-electron chi connectivity index (χ1n) is 12.9. The second-order valence-corrected chi connectivity index (χ2v) is 10.5. The minimum absolute atomic E-state index is 0.0676. The van der Waals surface area contributed by atoms with Crippen LogP contribution in [0.4, 0.5) is 8.78 Å². The fraction of sp³-hybridized carbons (Fsp3) is 0.357. The van der Waals surface area contributed by atoms with E-state index < -0.39 is 23.1 Å². The van der Waals surface area contributed by atoms with Gasteiger partial charge < -0.3 is 9.84 Å².